The van der Waals surface area contributed by atoms with Crippen molar-refractivity contribution in [2.24, 2.45) is 10.7 Å². The number of ether oxygens (including phenoxy) is 4. The first-order valence-electron chi connectivity index (χ1n) is 21.8. The van der Waals surface area contributed by atoms with Gasteiger partial charge in [0.2, 0.25) is 0 Å². The molecular formula is C44H71N6O8P. The van der Waals surface area contributed by atoms with Crippen LogP contribution in [0, 0.1) is 22.7 Å². The molecule has 0 saturated carbocycles. The summed E-state index contributed by atoms with van der Waals surface area (Å²) < 4.78 is 49.2. The number of phosphoric acid groups is 1. The molecule has 330 valence electrons. The van der Waals surface area contributed by atoms with Gasteiger partial charge in [-0.15, -0.1) is 0 Å². The zero-order chi connectivity index (χ0) is 42.8. The summed E-state index contributed by atoms with van der Waals surface area (Å²) in [5.74, 6) is 0.860. The molecule has 0 bridgehead atoms. The number of fused-ring (bicyclic) bond motifs is 1. The van der Waals surface area contributed by atoms with E-state index >= 15 is 0 Å². The number of unbranched alkanes of at least 4 members (excludes halogenated alkanes) is 15. The van der Waals surface area contributed by atoms with E-state index in [0.29, 0.717) is 42.5 Å². The van der Waals surface area contributed by atoms with Crippen LogP contribution in [-0.2, 0) is 40.9 Å². The van der Waals surface area contributed by atoms with Gasteiger partial charge in [0.1, 0.15) is 48.8 Å². The molecular weight excluding hydrogens is 771 g/mol. The standard InChI is InChI=1S/C44H71N6O8P/c1-5-6-7-8-9-10-11-12-13-14-15-16-17-18-19-20-27-54-31-40(55-30-37-21-22-38(29-45)42(28-37)58-36(2)3)32-56-59(51,52)57-34-44(33-46,53-4)26-25-39-23-24-41-43(47)48-35-49-50(39)41/h21-24,28,36,40,49H,5-20,25-27,30-32,34-35H2,1-4H3,(H2,47,48)(H,51,52). The van der Waals surface area contributed by atoms with Gasteiger partial charge in [0.25, 0.3) is 0 Å². The predicted octanol–water partition coefficient (Wildman–Crippen LogP) is 9.21. The minimum atomic E-state index is -4.66. The number of aryl methyl sites for hydroxylation is 1. The maximum Gasteiger partial charge on any atom is 0.472 e. The lowest BCUT2D eigenvalue weighted by atomic mass is 9.99. The van der Waals surface area contributed by atoms with E-state index in [-0.39, 0.29) is 32.3 Å². The second-order valence-corrected chi connectivity index (χ2v) is 17.1. The Morgan fingerprint density at radius 1 is 0.932 bits per heavy atom. The maximum absolute atomic E-state index is 13.2. The summed E-state index contributed by atoms with van der Waals surface area (Å²) in [4.78, 5) is 14.9. The number of nitrogens with zero attached hydrogens (tertiary/aromatic N) is 4. The van der Waals surface area contributed by atoms with Crippen molar-refractivity contribution in [3.05, 3.63) is 52.8 Å². The quantitative estimate of drug-likeness (QED) is 0.0447. The number of nitrogens with one attached hydrogen (secondary N) is 1. The minimum Gasteiger partial charge on any atom is -0.490 e. The first kappa shape index (κ1) is 49.9. The largest absolute Gasteiger partial charge is 0.490 e. The molecule has 0 saturated heterocycles. The van der Waals surface area contributed by atoms with Gasteiger partial charge in [-0.25, -0.2) is 9.56 Å². The van der Waals surface area contributed by atoms with E-state index in [4.69, 9.17) is 33.7 Å². The third-order valence-electron chi connectivity index (χ3n) is 10.4. The number of hydrogen-bond donors (Lipinski definition) is 3. The molecule has 14 nitrogen and oxygen atoms in total. The Kier molecular flexibility index (Phi) is 23.8. The maximum atomic E-state index is 13.2. The minimum absolute atomic E-state index is 0.115. The predicted molar refractivity (Wildman–Crippen MR) is 231 cm³/mol. The number of nitrogens with two attached hydrogens (primary N) is 1. The molecule has 15 heteroatoms. The van der Waals surface area contributed by atoms with Gasteiger partial charge >= 0.3 is 7.82 Å². The van der Waals surface area contributed by atoms with Crippen LogP contribution >= 0.6 is 7.82 Å². The molecule has 1 aromatic heterocycles. The molecule has 0 spiro atoms. The second kappa shape index (κ2) is 28.1. The molecule has 1 aromatic carbocycles. The van der Waals surface area contributed by atoms with Gasteiger partial charge in [0.15, 0.2) is 5.60 Å². The first-order valence-corrected chi connectivity index (χ1v) is 23.3. The molecule has 0 amide bonds. The molecule has 0 aliphatic carbocycles. The number of benzene rings is 1. The van der Waals surface area contributed by atoms with Crippen molar-refractivity contribution in [2.45, 2.75) is 161 Å². The van der Waals surface area contributed by atoms with Crippen molar-refractivity contribution in [3.8, 4) is 17.9 Å². The van der Waals surface area contributed by atoms with Gasteiger partial charge in [-0.3, -0.25) is 13.7 Å². The van der Waals surface area contributed by atoms with Gasteiger partial charge < -0.3 is 35.0 Å². The smallest absolute Gasteiger partial charge is 0.472 e. The fourth-order valence-electron chi connectivity index (χ4n) is 6.86. The van der Waals surface area contributed by atoms with Crippen molar-refractivity contribution in [1.82, 2.24) is 4.68 Å². The average molecular weight is 843 g/mol. The average Bonchev–Trinajstić information content (AvgIpc) is 3.65. The number of nitriles is 2. The SMILES string of the molecule is CCCCCCCCCCCCCCCCCCOCC(COP(=O)(O)OCC(C#N)(CCc1ccc2n1NCN=C2N)OC)OCc1ccc(C#N)c(OC(C)C)c1. The Labute approximate surface area is 353 Å². The van der Waals surface area contributed by atoms with E-state index in [0.717, 1.165) is 30.5 Å². The van der Waals surface area contributed by atoms with Crippen LogP contribution in [0.1, 0.15) is 152 Å². The molecule has 2 aromatic rings. The Balaban J connectivity index is 1.45. The van der Waals surface area contributed by atoms with Crippen molar-refractivity contribution in [1.29, 1.82) is 10.5 Å². The summed E-state index contributed by atoms with van der Waals surface area (Å²) in [6.07, 6.45) is 20.3. The molecule has 3 rings (SSSR count). The Morgan fingerprint density at radius 2 is 1.58 bits per heavy atom. The number of aromatic nitrogens is 1. The Hall–Kier alpha value is -3.46. The van der Waals surface area contributed by atoms with Gasteiger partial charge in [-0.1, -0.05) is 109 Å². The van der Waals surface area contributed by atoms with Crippen molar-refractivity contribution >= 4 is 13.7 Å². The number of methoxy groups -OCH3 is 1. The molecule has 1 aliphatic heterocycles. The molecule has 4 N–H and O–H groups in total. The molecule has 2 heterocycles. The monoisotopic (exact) mass is 843 g/mol. The van der Waals surface area contributed by atoms with E-state index in [2.05, 4.69) is 29.5 Å². The van der Waals surface area contributed by atoms with Gasteiger partial charge in [-0.2, -0.15) is 10.5 Å². The summed E-state index contributed by atoms with van der Waals surface area (Å²) in [5.41, 5.74) is 10.3. The topological polar surface area (TPSA) is 196 Å². The second-order valence-electron chi connectivity index (χ2n) is 15.7. The number of phosphoric ester groups is 1. The summed E-state index contributed by atoms with van der Waals surface area (Å²) >= 11 is 0. The van der Waals surface area contributed by atoms with Crippen LogP contribution in [0.5, 0.6) is 5.75 Å². The Morgan fingerprint density at radius 3 is 2.17 bits per heavy atom. The molecule has 0 radical (unpaired) electrons. The number of rotatable bonds is 34. The zero-order valence-electron chi connectivity index (χ0n) is 36.1. The highest BCUT2D eigenvalue weighted by atomic mass is 31.2. The molecule has 1 aliphatic rings. The van der Waals surface area contributed by atoms with Gasteiger partial charge in [0.05, 0.1) is 31.5 Å². The number of aliphatic imine (C=N–C) groups is 1. The highest BCUT2D eigenvalue weighted by Crippen LogP contribution is 2.44. The van der Waals surface area contributed by atoms with E-state index in [1.807, 2.05) is 26.0 Å². The Bertz CT molecular complexity index is 1660. The van der Waals surface area contributed by atoms with Crippen LogP contribution in [0.2, 0.25) is 0 Å². The van der Waals surface area contributed by atoms with Crippen LogP contribution in [0.4, 0.5) is 0 Å². The fraction of sp³-hybridized carbons (Fsp3) is 0.705. The number of amidine groups is 1. The lowest BCUT2D eigenvalue weighted by Gasteiger charge is -2.27. The highest BCUT2D eigenvalue weighted by Gasteiger charge is 2.36. The van der Waals surface area contributed by atoms with Crippen molar-refractivity contribution in [2.75, 3.05) is 45.6 Å². The third-order valence-corrected chi connectivity index (χ3v) is 11.4. The van der Waals surface area contributed by atoms with Crippen LogP contribution < -0.4 is 15.9 Å². The van der Waals surface area contributed by atoms with Crippen LogP contribution in [0.25, 0.3) is 0 Å². The summed E-state index contributed by atoms with van der Waals surface area (Å²) in [5, 5.41) is 19.6. The summed E-state index contributed by atoms with van der Waals surface area (Å²) in [7, 11) is -3.31. The highest BCUT2D eigenvalue weighted by molar-refractivity contribution is 7.47. The van der Waals surface area contributed by atoms with Crippen LogP contribution in [0.3, 0.4) is 0 Å². The van der Waals surface area contributed by atoms with Gasteiger partial charge in [-0.05, 0) is 62.9 Å². The van der Waals surface area contributed by atoms with Crippen molar-refractivity contribution < 1.29 is 37.5 Å². The van der Waals surface area contributed by atoms with E-state index in [1.54, 1.807) is 22.9 Å². The van der Waals surface area contributed by atoms with E-state index < -0.39 is 26.1 Å². The van der Waals surface area contributed by atoms with Crippen LogP contribution in [-0.4, -0.2) is 73.4 Å². The van der Waals surface area contributed by atoms with E-state index in [9.17, 15) is 20.0 Å². The third kappa shape index (κ3) is 19.2. The summed E-state index contributed by atoms with van der Waals surface area (Å²) in [6.45, 7) is 6.29. The van der Waals surface area contributed by atoms with Crippen molar-refractivity contribution in [3.63, 3.8) is 0 Å². The molecule has 59 heavy (non-hydrogen) atoms. The van der Waals surface area contributed by atoms with Gasteiger partial charge in [0, 0.05) is 19.4 Å². The molecule has 3 unspecified atom stereocenters. The van der Waals surface area contributed by atoms with Crippen LogP contribution in [0.15, 0.2) is 35.3 Å². The molecule has 0 fully saturated rings. The fourth-order valence-corrected chi connectivity index (χ4v) is 7.66. The lowest BCUT2D eigenvalue weighted by Crippen LogP contribution is -2.37. The lowest BCUT2D eigenvalue weighted by molar-refractivity contribution is -0.0554. The number of hydrogen-bond acceptors (Lipinski definition) is 12. The zero-order valence-corrected chi connectivity index (χ0v) is 37.0. The first-order chi connectivity index (χ1) is 28.5. The summed E-state index contributed by atoms with van der Waals surface area (Å²) in [6, 6.07) is 13.1. The van der Waals surface area contributed by atoms with E-state index in [1.165, 1.54) is 90.6 Å². The molecule has 3 atom stereocenters. The normalized spacial score (nSPS) is 15.0.